The van der Waals surface area contributed by atoms with Crippen molar-refractivity contribution < 1.29 is 14.0 Å². The lowest BCUT2D eigenvalue weighted by Gasteiger charge is -2.17. The number of nitrogens with one attached hydrogen (secondary N) is 3. The van der Waals surface area contributed by atoms with Crippen LogP contribution in [0.3, 0.4) is 0 Å². The van der Waals surface area contributed by atoms with Gasteiger partial charge in [0.2, 0.25) is 11.9 Å². The number of thiophene rings is 1. The van der Waals surface area contributed by atoms with Gasteiger partial charge in [-0.15, -0.1) is 11.3 Å². The molecule has 10 heteroatoms. The normalized spacial score (nSPS) is 12.4. The Morgan fingerprint density at radius 3 is 2.61 bits per heavy atom. The van der Waals surface area contributed by atoms with E-state index in [9.17, 15) is 14.0 Å². The molecule has 31 heavy (non-hydrogen) atoms. The number of carbonyl (C=O) groups excluding carboxylic acids is 2. The van der Waals surface area contributed by atoms with Crippen molar-refractivity contribution in [1.82, 2.24) is 25.6 Å². The lowest BCUT2D eigenvalue weighted by Crippen LogP contribution is -2.40. The van der Waals surface area contributed by atoms with E-state index >= 15 is 0 Å². The summed E-state index contributed by atoms with van der Waals surface area (Å²) in [4.78, 5) is 37.4. The zero-order valence-corrected chi connectivity index (χ0v) is 18.6. The summed E-state index contributed by atoms with van der Waals surface area (Å²) in [6.45, 7) is 7.89. The van der Waals surface area contributed by atoms with Crippen LogP contribution in [0, 0.1) is 11.2 Å². The first-order chi connectivity index (χ1) is 14.6. The van der Waals surface area contributed by atoms with Gasteiger partial charge in [0.05, 0.1) is 22.5 Å². The highest BCUT2D eigenvalue weighted by Gasteiger charge is 2.21. The van der Waals surface area contributed by atoms with Gasteiger partial charge in [-0.25, -0.2) is 14.4 Å². The SMILES string of the molecule is C[C@H](Nc1nc(C(=O)NCCNC(=O)C(C)(C)C)c2sccc2n1)c1cncc(F)c1. The van der Waals surface area contributed by atoms with Crippen molar-refractivity contribution in [2.45, 2.75) is 33.7 Å². The predicted octanol–water partition coefficient (Wildman–Crippen LogP) is 3.29. The second kappa shape index (κ2) is 9.34. The molecule has 3 N–H and O–H groups in total. The van der Waals surface area contributed by atoms with Crippen LogP contribution in [0.4, 0.5) is 10.3 Å². The van der Waals surface area contributed by atoms with E-state index in [0.717, 1.165) is 6.20 Å². The molecule has 1 atom stereocenters. The minimum atomic E-state index is -0.492. The van der Waals surface area contributed by atoms with Gasteiger partial charge in [0.15, 0.2) is 5.69 Å². The summed E-state index contributed by atoms with van der Waals surface area (Å²) in [6.07, 6.45) is 2.69. The number of halogens is 1. The highest BCUT2D eigenvalue weighted by molar-refractivity contribution is 7.17. The Bertz CT molecular complexity index is 1090. The van der Waals surface area contributed by atoms with Gasteiger partial charge in [-0.05, 0) is 30.0 Å². The third-order valence-electron chi connectivity index (χ3n) is 4.47. The van der Waals surface area contributed by atoms with Crippen molar-refractivity contribution >= 4 is 39.3 Å². The number of hydrogen-bond acceptors (Lipinski definition) is 7. The minimum Gasteiger partial charge on any atom is -0.354 e. The van der Waals surface area contributed by atoms with E-state index in [1.807, 2.05) is 39.1 Å². The summed E-state index contributed by atoms with van der Waals surface area (Å²) in [7, 11) is 0. The molecule has 0 saturated carbocycles. The molecule has 2 amide bonds. The highest BCUT2D eigenvalue weighted by Crippen LogP contribution is 2.25. The maximum Gasteiger partial charge on any atom is 0.271 e. The number of carbonyl (C=O) groups is 2. The maximum absolute atomic E-state index is 13.5. The van der Waals surface area contributed by atoms with Gasteiger partial charge < -0.3 is 16.0 Å². The molecule has 0 aliphatic rings. The molecule has 3 aromatic heterocycles. The first-order valence-electron chi connectivity index (χ1n) is 9.84. The average molecular weight is 445 g/mol. The van der Waals surface area contributed by atoms with Crippen LogP contribution in [0.5, 0.6) is 0 Å². The number of fused-ring (bicyclic) bond motifs is 1. The van der Waals surface area contributed by atoms with Crippen molar-refractivity contribution in [3.63, 3.8) is 0 Å². The smallest absolute Gasteiger partial charge is 0.271 e. The molecule has 3 aromatic rings. The molecule has 164 valence electrons. The number of nitrogens with zero attached hydrogens (tertiary/aromatic N) is 3. The zero-order chi connectivity index (χ0) is 22.6. The fraction of sp³-hybridized carbons (Fsp3) is 0.381. The van der Waals surface area contributed by atoms with E-state index in [0.29, 0.717) is 22.3 Å². The number of amides is 2. The van der Waals surface area contributed by atoms with Crippen molar-refractivity contribution in [2.24, 2.45) is 5.41 Å². The molecule has 0 unspecified atom stereocenters. The van der Waals surface area contributed by atoms with E-state index in [-0.39, 0.29) is 36.0 Å². The largest absolute Gasteiger partial charge is 0.354 e. The van der Waals surface area contributed by atoms with Crippen molar-refractivity contribution in [2.75, 3.05) is 18.4 Å². The lowest BCUT2D eigenvalue weighted by molar-refractivity contribution is -0.128. The Balaban J connectivity index is 1.71. The van der Waals surface area contributed by atoms with Gasteiger partial charge >= 0.3 is 0 Å². The summed E-state index contributed by atoms with van der Waals surface area (Å²) in [5, 5.41) is 10.5. The van der Waals surface area contributed by atoms with Crippen LogP contribution in [0.1, 0.15) is 49.8 Å². The number of rotatable bonds is 7. The van der Waals surface area contributed by atoms with Crippen LogP contribution in [-0.4, -0.2) is 39.9 Å². The van der Waals surface area contributed by atoms with Crippen LogP contribution in [-0.2, 0) is 4.79 Å². The standard InChI is InChI=1S/C21H25FN6O2S/c1-12(13-9-14(22)11-23-10-13)26-20-27-15-5-8-31-17(15)16(28-20)18(29)24-6-7-25-19(30)21(2,3)4/h5,8-12H,6-7H2,1-4H3,(H,24,29)(H,25,30)(H,26,27,28)/t12-/m0/s1. The quantitative estimate of drug-likeness (QED) is 0.483. The van der Waals surface area contributed by atoms with E-state index in [4.69, 9.17) is 0 Å². The second-order valence-electron chi connectivity index (χ2n) is 8.10. The summed E-state index contributed by atoms with van der Waals surface area (Å²) in [5.74, 6) is -0.618. The molecule has 3 rings (SSSR count). The number of pyridine rings is 1. The van der Waals surface area contributed by atoms with Gasteiger partial charge in [-0.1, -0.05) is 20.8 Å². The molecule has 3 heterocycles. The molecule has 8 nitrogen and oxygen atoms in total. The van der Waals surface area contributed by atoms with Crippen molar-refractivity contribution in [3.05, 3.63) is 47.0 Å². The maximum atomic E-state index is 13.5. The lowest BCUT2D eigenvalue weighted by atomic mass is 9.96. The van der Waals surface area contributed by atoms with Crippen LogP contribution in [0.2, 0.25) is 0 Å². The third-order valence-corrected chi connectivity index (χ3v) is 5.38. The molecular weight excluding hydrogens is 419 g/mol. The fourth-order valence-electron chi connectivity index (χ4n) is 2.72. The van der Waals surface area contributed by atoms with E-state index in [1.54, 1.807) is 6.20 Å². The number of hydrogen-bond donors (Lipinski definition) is 3. The molecule has 0 saturated heterocycles. The van der Waals surface area contributed by atoms with Crippen LogP contribution < -0.4 is 16.0 Å². The van der Waals surface area contributed by atoms with Crippen LogP contribution in [0.15, 0.2) is 29.9 Å². The second-order valence-corrected chi connectivity index (χ2v) is 9.01. The average Bonchev–Trinajstić information content (AvgIpc) is 3.18. The van der Waals surface area contributed by atoms with E-state index in [1.165, 1.54) is 17.4 Å². The molecule has 0 aromatic carbocycles. The van der Waals surface area contributed by atoms with Crippen molar-refractivity contribution in [3.8, 4) is 0 Å². The Morgan fingerprint density at radius 2 is 1.90 bits per heavy atom. The molecule has 0 radical (unpaired) electrons. The summed E-state index contributed by atoms with van der Waals surface area (Å²) in [6, 6.07) is 2.87. The molecule has 0 aliphatic heterocycles. The minimum absolute atomic E-state index is 0.0863. The summed E-state index contributed by atoms with van der Waals surface area (Å²) >= 11 is 1.37. The Kier molecular flexibility index (Phi) is 6.79. The van der Waals surface area contributed by atoms with Gasteiger partial charge in [0, 0.05) is 24.7 Å². The highest BCUT2D eigenvalue weighted by atomic mass is 32.1. The predicted molar refractivity (Wildman–Crippen MR) is 118 cm³/mol. The first kappa shape index (κ1) is 22.5. The van der Waals surface area contributed by atoms with E-state index in [2.05, 4.69) is 30.9 Å². The molecule has 0 bridgehead atoms. The number of anilines is 1. The molecule has 0 fully saturated rings. The first-order valence-corrected chi connectivity index (χ1v) is 10.7. The fourth-order valence-corrected chi connectivity index (χ4v) is 3.54. The van der Waals surface area contributed by atoms with Gasteiger partial charge in [-0.3, -0.25) is 14.6 Å². The zero-order valence-electron chi connectivity index (χ0n) is 17.8. The molecular formula is C21H25FN6O2S. The van der Waals surface area contributed by atoms with Crippen LogP contribution in [0.25, 0.3) is 10.2 Å². The summed E-state index contributed by atoms with van der Waals surface area (Å²) < 4.78 is 14.1. The Hall–Kier alpha value is -3.14. The molecule has 0 spiro atoms. The number of aromatic nitrogens is 3. The Morgan fingerprint density at radius 1 is 1.16 bits per heavy atom. The monoisotopic (exact) mass is 444 g/mol. The topological polar surface area (TPSA) is 109 Å². The molecule has 0 aliphatic carbocycles. The third kappa shape index (κ3) is 5.72. The van der Waals surface area contributed by atoms with Crippen molar-refractivity contribution in [1.29, 1.82) is 0 Å². The van der Waals surface area contributed by atoms with Crippen LogP contribution >= 0.6 is 11.3 Å². The summed E-state index contributed by atoms with van der Waals surface area (Å²) in [5.41, 5.74) is 1.02. The van der Waals surface area contributed by atoms with Gasteiger partial charge in [0.1, 0.15) is 5.82 Å². The van der Waals surface area contributed by atoms with Gasteiger partial charge in [-0.2, -0.15) is 0 Å². The Labute approximate surface area is 183 Å². The van der Waals surface area contributed by atoms with E-state index < -0.39 is 11.2 Å². The van der Waals surface area contributed by atoms with Gasteiger partial charge in [0.25, 0.3) is 5.91 Å².